The molecule has 0 amide bonds. The maximum absolute atomic E-state index is 13.4. The molecule has 0 atom stereocenters. The van der Waals surface area contributed by atoms with Crippen molar-refractivity contribution in [3.05, 3.63) is 53.3 Å². The van der Waals surface area contributed by atoms with Crippen molar-refractivity contribution >= 4 is 14.3 Å². The number of carbonyl (C=O) groups is 1. The van der Waals surface area contributed by atoms with E-state index in [1.54, 1.807) is 24.3 Å². The third-order valence-electron chi connectivity index (χ3n) is 7.17. The van der Waals surface area contributed by atoms with Gasteiger partial charge in [0, 0.05) is 11.8 Å². The van der Waals surface area contributed by atoms with Crippen LogP contribution >= 0.6 is 0 Å². The maximum Gasteiger partial charge on any atom is 0.433 e. The van der Waals surface area contributed by atoms with Crippen LogP contribution in [0.15, 0.2) is 36.5 Å². The summed E-state index contributed by atoms with van der Waals surface area (Å²) in [6.07, 6.45) is -3.37. The molecule has 2 aromatic rings. The molecule has 1 saturated carbocycles. The number of benzene rings is 1. The Morgan fingerprint density at radius 2 is 1.76 bits per heavy atom. The minimum absolute atomic E-state index is 0.0392. The van der Waals surface area contributed by atoms with Gasteiger partial charge in [0.15, 0.2) is 8.32 Å². The fourth-order valence-corrected chi connectivity index (χ4v) is 4.88. The molecule has 0 aliphatic heterocycles. The van der Waals surface area contributed by atoms with Gasteiger partial charge in [-0.05, 0) is 53.7 Å². The number of aromatic nitrogens is 1. The van der Waals surface area contributed by atoms with Gasteiger partial charge in [0.1, 0.15) is 5.69 Å². The number of hydrogen-bond donors (Lipinski definition) is 1. The van der Waals surface area contributed by atoms with Gasteiger partial charge in [0.25, 0.3) is 0 Å². The van der Waals surface area contributed by atoms with Crippen molar-refractivity contribution in [1.82, 2.24) is 4.98 Å². The van der Waals surface area contributed by atoms with E-state index < -0.39 is 37.7 Å². The Bertz CT molecular complexity index is 1040. The first-order valence-electron chi connectivity index (χ1n) is 11.2. The summed E-state index contributed by atoms with van der Waals surface area (Å²) in [7, 11) is -0.895. The number of aliphatic hydroxyl groups is 1. The van der Waals surface area contributed by atoms with E-state index in [9.17, 15) is 23.1 Å². The lowest BCUT2D eigenvalue weighted by Crippen LogP contribution is -2.51. The normalized spacial score (nSPS) is 21.2. The van der Waals surface area contributed by atoms with E-state index in [-0.39, 0.29) is 24.5 Å². The smallest absolute Gasteiger partial charge is 0.433 e. The number of hydrogen-bond acceptors (Lipinski definition) is 5. The molecule has 0 spiro atoms. The molecule has 0 saturated heterocycles. The second-order valence-electron chi connectivity index (χ2n) is 10.5. The van der Waals surface area contributed by atoms with Crippen molar-refractivity contribution in [1.29, 1.82) is 0 Å². The molecular weight excluding hydrogens is 463 g/mol. The van der Waals surface area contributed by atoms with E-state index in [1.807, 2.05) is 13.1 Å². The zero-order valence-electron chi connectivity index (χ0n) is 20.4. The molecule has 1 aromatic heterocycles. The highest BCUT2D eigenvalue weighted by atomic mass is 28.4. The molecule has 186 valence electrons. The monoisotopic (exact) mass is 495 g/mol. The molecule has 9 heteroatoms. The number of rotatable bonds is 6. The summed E-state index contributed by atoms with van der Waals surface area (Å²) in [6.45, 7) is 10.3. The first-order chi connectivity index (χ1) is 15.6. The molecule has 1 fully saturated rings. The summed E-state index contributed by atoms with van der Waals surface area (Å²) in [5.41, 5.74) is 0.445. The van der Waals surface area contributed by atoms with Gasteiger partial charge >= 0.3 is 12.1 Å². The number of esters is 1. The predicted molar refractivity (Wildman–Crippen MR) is 126 cm³/mol. The Morgan fingerprint density at radius 1 is 1.18 bits per heavy atom. The maximum atomic E-state index is 13.4. The SMILES string of the molecule is COC(=O)C1(c2ccc(-c3cnc(C(F)(F)F)cc3CO[Si](C)(C)C(C)(C)C)cc2)CC(O)C1. The molecule has 0 unspecified atom stereocenters. The van der Waals surface area contributed by atoms with Gasteiger partial charge in [0.05, 0.1) is 25.2 Å². The Morgan fingerprint density at radius 3 is 2.24 bits per heavy atom. The molecule has 1 aromatic carbocycles. The standard InChI is InChI=1S/C25H32F3NO4Si/c1-23(2,3)34(5,6)33-15-17-11-21(25(26,27)28)29-14-20(17)16-7-9-18(10-8-16)24(22(31)32-4)12-19(30)13-24/h7-11,14,19,30H,12-13,15H2,1-6H3. The number of aliphatic hydroxyl groups excluding tert-OH is 1. The van der Waals surface area contributed by atoms with Crippen LogP contribution in [0.5, 0.6) is 0 Å². The lowest BCUT2D eigenvalue weighted by atomic mass is 9.62. The van der Waals surface area contributed by atoms with Crippen LogP contribution in [0.25, 0.3) is 11.1 Å². The second kappa shape index (κ2) is 9.09. The number of nitrogens with zero attached hydrogens (tertiary/aromatic N) is 1. The highest BCUT2D eigenvalue weighted by Crippen LogP contribution is 2.45. The summed E-state index contributed by atoms with van der Waals surface area (Å²) < 4.78 is 51.3. The van der Waals surface area contributed by atoms with E-state index >= 15 is 0 Å². The zero-order chi connectivity index (χ0) is 25.5. The fourth-order valence-electron chi connectivity index (χ4n) is 3.94. The minimum atomic E-state index is -4.56. The van der Waals surface area contributed by atoms with E-state index in [1.165, 1.54) is 13.3 Å². The quantitative estimate of drug-likeness (QED) is 0.402. The molecule has 0 bridgehead atoms. The number of carbonyl (C=O) groups excluding carboxylic acids is 1. The molecule has 3 rings (SSSR count). The zero-order valence-corrected chi connectivity index (χ0v) is 21.4. The van der Waals surface area contributed by atoms with Crippen LogP contribution in [0.1, 0.15) is 50.4 Å². The van der Waals surface area contributed by atoms with Crippen molar-refractivity contribution in [2.75, 3.05) is 7.11 Å². The highest BCUT2D eigenvalue weighted by molar-refractivity contribution is 6.74. The van der Waals surface area contributed by atoms with E-state index in [0.717, 1.165) is 6.07 Å². The fraction of sp³-hybridized carbons (Fsp3) is 0.520. The van der Waals surface area contributed by atoms with Crippen LogP contribution in [-0.2, 0) is 32.2 Å². The topological polar surface area (TPSA) is 68.7 Å². The van der Waals surface area contributed by atoms with Crippen LogP contribution in [-0.4, -0.2) is 37.6 Å². The van der Waals surface area contributed by atoms with Gasteiger partial charge in [-0.2, -0.15) is 13.2 Å². The van der Waals surface area contributed by atoms with E-state index in [4.69, 9.17) is 9.16 Å². The number of alkyl halides is 3. The van der Waals surface area contributed by atoms with Crippen molar-refractivity contribution in [3.63, 3.8) is 0 Å². The van der Waals surface area contributed by atoms with Gasteiger partial charge < -0.3 is 14.3 Å². The average molecular weight is 496 g/mol. The van der Waals surface area contributed by atoms with Crippen molar-refractivity contribution in [3.8, 4) is 11.1 Å². The van der Waals surface area contributed by atoms with E-state index in [2.05, 4.69) is 25.8 Å². The molecule has 5 nitrogen and oxygen atoms in total. The van der Waals surface area contributed by atoms with Crippen LogP contribution < -0.4 is 0 Å². The number of methoxy groups -OCH3 is 1. The summed E-state index contributed by atoms with van der Waals surface area (Å²) >= 11 is 0. The molecule has 1 aliphatic carbocycles. The van der Waals surface area contributed by atoms with E-state index in [0.29, 0.717) is 22.3 Å². The summed E-state index contributed by atoms with van der Waals surface area (Å²) in [4.78, 5) is 16.1. The summed E-state index contributed by atoms with van der Waals surface area (Å²) in [6, 6.07) is 8.08. The number of pyridine rings is 1. The summed E-state index contributed by atoms with van der Waals surface area (Å²) in [5, 5.41) is 9.72. The van der Waals surface area contributed by atoms with Crippen LogP contribution in [0.2, 0.25) is 18.1 Å². The van der Waals surface area contributed by atoms with Gasteiger partial charge in [0.2, 0.25) is 0 Å². The number of halogens is 3. The Kier molecular flexibility index (Phi) is 7.05. The molecule has 0 radical (unpaired) electrons. The van der Waals surface area contributed by atoms with Crippen molar-refractivity contribution in [2.24, 2.45) is 0 Å². The van der Waals surface area contributed by atoms with Crippen LogP contribution in [0.3, 0.4) is 0 Å². The third-order valence-corrected chi connectivity index (χ3v) is 11.6. The Balaban J connectivity index is 1.98. The molecule has 1 aliphatic rings. The molecule has 34 heavy (non-hydrogen) atoms. The average Bonchev–Trinajstić information content (AvgIpc) is 2.73. The lowest BCUT2D eigenvalue weighted by Gasteiger charge is -2.43. The molecule has 1 N–H and O–H groups in total. The van der Waals surface area contributed by atoms with Crippen LogP contribution in [0, 0.1) is 0 Å². The van der Waals surface area contributed by atoms with Gasteiger partial charge in [-0.1, -0.05) is 45.0 Å². The van der Waals surface area contributed by atoms with Gasteiger partial charge in [-0.3, -0.25) is 9.78 Å². The first kappa shape index (κ1) is 26.4. The second-order valence-corrected chi connectivity index (χ2v) is 15.3. The van der Waals surface area contributed by atoms with Crippen molar-refractivity contribution in [2.45, 2.75) is 76.0 Å². The van der Waals surface area contributed by atoms with Gasteiger partial charge in [-0.15, -0.1) is 0 Å². The minimum Gasteiger partial charge on any atom is -0.468 e. The molecular formula is C25H32F3NO4Si. The Labute approximate surface area is 199 Å². The predicted octanol–water partition coefficient (Wildman–Crippen LogP) is 5.85. The third kappa shape index (κ3) is 5.06. The van der Waals surface area contributed by atoms with Gasteiger partial charge in [-0.25, -0.2) is 0 Å². The number of ether oxygens (including phenoxy) is 1. The largest absolute Gasteiger partial charge is 0.468 e. The highest BCUT2D eigenvalue weighted by Gasteiger charge is 2.52. The first-order valence-corrected chi connectivity index (χ1v) is 14.1. The van der Waals surface area contributed by atoms with Crippen LogP contribution in [0.4, 0.5) is 13.2 Å². The Hall–Kier alpha value is -2.23. The van der Waals surface area contributed by atoms with Crippen molar-refractivity contribution < 1.29 is 32.2 Å². The molecule has 1 heterocycles. The lowest BCUT2D eigenvalue weighted by molar-refractivity contribution is -0.156. The summed E-state index contributed by atoms with van der Waals surface area (Å²) in [5.74, 6) is -0.412.